The average Bonchev–Trinajstić information content (AvgIpc) is 2.94. The smallest absolute Gasteiger partial charge is 0.321 e. The number of nitrogens with one attached hydrogen (secondary N) is 2. The first-order valence-electron chi connectivity index (χ1n) is 7.70. The molecule has 1 aromatic heterocycles. The van der Waals surface area contributed by atoms with E-state index in [1.165, 1.54) is 5.56 Å². The predicted molar refractivity (Wildman–Crippen MR) is 91.4 cm³/mol. The van der Waals surface area contributed by atoms with Gasteiger partial charge in [0, 0.05) is 30.1 Å². The van der Waals surface area contributed by atoms with Gasteiger partial charge in [-0.15, -0.1) is 0 Å². The van der Waals surface area contributed by atoms with Crippen molar-refractivity contribution in [2.45, 2.75) is 25.9 Å². The maximum absolute atomic E-state index is 11.6. The van der Waals surface area contributed by atoms with Gasteiger partial charge in [-0.2, -0.15) is 0 Å². The standard InChI is InChI=1S/C19H20N2O2/c1-13-5-4-6-14(9-13)11-20-18(19(22)23)10-15-12-21-17-8-3-2-7-16(15)17/h2-9,12,18,20-21H,10-11H2,1H3,(H,22,23). The van der Waals surface area contributed by atoms with E-state index in [9.17, 15) is 9.90 Å². The Hall–Kier alpha value is -2.59. The molecule has 3 N–H and O–H groups in total. The zero-order valence-corrected chi connectivity index (χ0v) is 13.0. The molecule has 3 rings (SSSR count). The number of carbonyl (C=O) groups is 1. The van der Waals surface area contributed by atoms with Crippen LogP contribution in [0.1, 0.15) is 16.7 Å². The van der Waals surface area contributed by atoms with Crippen molar-refractivity contribution in [2.24, 2.45) is 0 Å². The van der Waals surface area contributed by atoms with Gasteiger partial charge in [-0.25, -0.2) is 0 Å². The minimum Gasteiger partial charge on any atom is -0.480 e. The number of fused-ring (bicyclic) bond motifs is 1. The normalized spacial score (nSPS) is 12.4. The third-order valence-corrected chi connectivity index (χ3v) is 4.03. The van der Waals surface area contributed by atoms with Gasteiger partial charge in [0.15, 0.2) is 0 Å². The van der Waals surface area contributed by atoms with Crippen LogP contribution in [0, 0.1) is 6.92 Å². The van der Waals surface area contributed by atoms with E-state index in [4.69, 9.17) is 0 Å². The van der Waals surface area contributed by atoms with Gasteiger partial charge in [-0.3, -0.25) is 4.79 Å². The second kappa shape index (κ2) is 6.67. The van der Waals surface area contributed by atoms with Gasteiger partial charge in [0.25, 0.3) is 0 Å². The molecule has 2 aromatic carbocycles. The van der Waals surface area contributed by atoms with Crippen molar-refractivity contribution in [1.29, 1.82) is 0 Å². The molecule has 4 nitrogen and oxygen atoms in total. The van der Waals surface area contributed by atoms with Crippen molar-refractivity contribution in [2.75, 3.05) is 0 Å². The van der Waals surface area contributed by atoms with E-state index in [0.29, 0.717) is 13.0 Å². The third kappa shape index (κ3) is 3.60. The first-order chi connectivity index (χ1) is 11.1. The highest BCUT2D eigenvalue weighted by atomic mass is 16.4. The topological polar surface area (TPSA) is 65.1 Å². The summed E-state index contributed by atoms with van der Waals surface area (Å²) < 4.78 is 0. The second-order valence-corrected chi connectivity index (χ2v) is 5.82. The summed E-state index contributed by atoms with van der Waals surface area (Å²) in [5.41, 5.74) is 4.32. The molecule has 23 heavy (non-hydrogen) atoms. The van der Waals surface area contributed by atoms with E-state index >= 15 is 0 Å². The van der Waals surface area contributed by atoms with Crippen LogP contribution in [-0.4, -0.2) is 22.1 Å². The molecule has 0 amide bonds. The molecule has 0 saturated heterocycles. The zero-order valence-electron chi connectivity index (χ0n) is 13.0. The Morgan fingerprint density at radius 3 is 2.83 bits per heavy atom. The summed E-state index contributed by atoms with van der Waals surface area (Å²) in [6.07, 6.45) is 2.35. The molecule has 0 bridgehead atoms. The van der Waals surface area contributed by atoms with E-state index in [0.717, 1.165) is 22.0 Å². The Bertz CT molecular complexity index is 823. The highest BCUT2D eigenvalue weighted by Crippen LogP contribution is 2.19. The first-order valence-corrected chi connectivity index (χ1v) is 7.70. The molecule has 0 aliphatic rings. The molecule has 0 radical (unpaired) electrons. The summed E-state index contributed by atoms with van der Waals surface area (Å²) in [6, 6.07) is 15.4. The minimum atomic E-state index is -0.831. The lowest BCUT2D eigenvalue weighted by molar-refractivity contribution is -0.139. The molecule has 0 spiro atoms. The fourth-order valence-electron chi connectivity index (χ4n) is 2.83. The van der Waals surface area contributed by atoms with Gasteiger partial charge in [0.2, 0.25) is 0 Å². The molecule has 0 aliphatic heterocycles. The number of aromatic nitrogens is 1. The molecule has 0 aliphatic carbocycles. The number of aliphatic carboxylic acids is 1. The van der Waals surface area contributed by atoms with Gasteiger partial charge in [0.05, 0.1) is 0 Å². The van der Waals surface area contributed by atoms with E-state index in [1.807, 2.05) is 55.6 Å². The van der Waals surface area contributed by atoms with Crippen LogP contribution in [0.5, 0.6) is 0 Å². The van der Waals surface area contributed by atoms with Gasteiger partial charge >= 0.3 is 5.97 Å². The van der Waals surface area contributed by atoms with E-state index in [1.54, 1.807) is 0 Å². The van der Waals surface area contributed by atoms with Crippen LogP contribution in [0.4, 0.5) is 0 Å². The number of aryl methyl sites for hydroxylation is 1. The monoisotopic (exact) mass is 308 g/mol. The predicted octanol–water partition coefficient (Wildman–Crippen LogP) is 3.26. The molecule has 4 heteroatoms. The summed E-state index contributed by atoms with van der Waals surface area (Å²) in [6.45, 7) is 2.57. The number of aromatic amines is 1. The number of hydrogen-bond acceptors (Lipinski definition) is 2. The summed E-state index contributed by atoms with van der Waals surface area (Å²) in [4.78, 5) is 14.8. The van der Waals surface area contributed by atoms with Crippen molar-refractivity contribution in [1.82, 2.24) is 10.3 Å². The number of rotatable bonds is 6. The number of hydrogen-bond donors (Lipinski definition) is 3. The Morgan fingerprint density at radius 1 is 1.22 bits per heavy atom. The lowest BCUT2D eigenvalue weighted by atomic mass is 10.0. The Labute approximate surface area is 135 Å². The van der Waals surface area contributed by atoms with Crippen molar-refractivity contribution in [3.63, 3.8) is 0 Å². The maximum Gasteiger partial charge on any atom is 0.321 e. The van der Waals surface area contributed by atoms with Crippen LogP contribution >= 0.6 is 0 Å². The number of H-pyrrole nitrogens is 1. The molecular formula is C19H20N2O2. The number of carboxylic acids is 1. The van der Waals surface area contributed by atoms with Gasteiger partial charge in [0.1, 0.15) is 6.04 Å². The van der Waals surface area contributed by atoms with Crippen molar-refractivity contribution in [3.8, 4) is 0 Å². The average molecular weight is 308 g/mol. The first kappa shape index (κ1) is 15.3. The molecule has 0 fully saturated rings. The summed E-state index contributed by atoms with van der Waals surface area (Å²) in [5.74, 6) is -0.831. The van der Waals surface area contributed by atoms with Gasteiger partial charge in [-0.1, -0.05) is 48.0 Å². The summed E-state index contributed by atoms with van der Waals surface area (Å²) >= 11 is 0. The van der Waals surface area contributed by atoms with Crippen LogP contribution < -0.4 is 5.32 Å². The minimum absolute atomic E-state index is 0.450. The second-order valence-electron chi connectivity index (χ2n) is 5.82. The maximum atomic E-state index is 11.6. The van der Waals surface area contributed by atoms with Crippen LogP contribution in [0.3, 0.4) is 0 Å². The Morgan fingerprint density at radius 2 is 2.04 bits per heavy atom. The van der Waals surface area contributed by atoms with Crippen LogP contribution in [0.25, 0.3) is 10.9 Å². The van der Waals surface area contributed by atoms with Crippen LogP contribution in [0.15, 0.2) is 54.7 Å². The third-order valence-electron chi connectivity index (χ3n) is 4.03. The van der Waals surface area contributed by atoms with Crippen LogP contribution in [-0.2, 0) is 17.8 Å². The molecule has 1 unspecified atom stereocenters. The molecule has 1 atom stereocenters. The molecule has 118 valence electrons. The lowest BCUT2D eigenvalue weighted by Crippen LogP contribution is -2.38. The molecular weight excluding hydrogens is 288 g/mol. The highest BCUT2D eigenvalue weighted by Gasteiger charge is 2.19. The van der Waals surface area contributed by atoms with Crippen molar-refractivity contribution >= 4 is 16.9 Å². The van der Waals surface area contributed by atoms with Crippen molar-refractivity contribution < 1.29 is 9.90 Å². The summed E-state index contributed by atoms with van der Waals surface area (Å²) in [5, 5.41) is 13.7. The van der Waals surface area contributed by atoms with Gasteiger partial charge < -0.3 is 15.4 Å². The highest BCUT2D eigenvalue weighted by molar-refractivity contribution is 5.84. The lowest BCUT2D eigenvalue weighted by Gasteiger charge is -2.14. The fraction of sp³-hybridized carbons (Fsp3) is 0.211. The fourth-order valence-corrected chi connectivity index (χ4v) is 2.83. The number of carboxylic acid groups (broad SMARTS) is 1. The van der Waals surface area contributed by atoms with E-state index in [2.05, 4.69) is 16.4 Å². The molecule has 0 saturated carbocycles. The largest absolute Gasteiger partial charge is 0.480 e. The van der Waals surface area contributed by atoms with E-state index < -0.39 is 12.0 Å². The summed E-state index contributed by atoms with van der Waals surface area (Å²) in [7, 11) is 0. The van der Waals surface area contributed by atoms with Gasteiger partial charge in [-0.05, 0) is 24.1 Å². The molecule has 3 aromatic rings. The number of para-hydroxylation sites is 1. The Kier molecular flexibility index (Phi) is 4.44. The number of benzene rings is 2. The van der Waals surface area contributed by atoms with Crippen molar-refractivity contribution in [3.05, 3.63) is 71.4 Å². The quantitative estimate of drug-likeness (QED) is 0.655. The zero-order chi connectivity index (χ0) is 16.2. The Balaban J connectivity index is 1.73. The SMILES string of the molecule is Cc1cccc(CNC(Cc2c[nH]c3ccccc23)C(=O)O)c1. The molecule has 1 heterocycles. The van der Waals surface area contributed by atoms with E-state index in [-0.39, 0.29) is 0 Å². The van der Waals surface area contributed by atoms with Crippen LogP contribution in [0.2, 0.25) is 0 Å².